The molecule has 0 radical (unpaired) electrons. The van der Waals surface area contributed by atoms with E-state index in [1.807, 2.05) is 0 Å². The zero-order chi connectivity index (χ0) is 11.0. The number of rotatable bonds is 3. The predicted molar refractivity (Wildman–Crippen MR) is 71.4 cm³/mol. The standard InChI is InChI=1S/C10H9N3S3/c11-3-1-9-12-13-10(16-9)8-5-7-6(15-8)2-4-14-7/h2,4-5H,1,3,11H2. The molecule has 0 aliphatic heterocycles. The van der Waals surface area contributed by atoms with Gasteiger partial charge in [0.05, 0.1) is 4.88 Å². The summed E-state index contributed by atoms with van der Waals surface area (Å²) < 4.78 is 2.66. The predicted octanol–water partition coefficient (Wildman–Crippen LogP) is 2.98. The molecule has 0 bridgehead atoms. The minimum absolute atomic E-state index is 0.633. The van der Waals surface area contributed by atoms with E-state index in [-0.39, 0.29) is 0 Å². The summed E-state index contributed by atoms with van der Waals surface area (Å²) in [5.74, 6) is 0. The van der Waals surface area contributed by atoms with Gasteiger partial charge < -0.3 is 5.73 Å². The molecule has 3 aromatic rings. The number of nitrogens with two attached hydrogens (primary N) is 1. The van der Waals surface area contributed by atoms with Gasteiger partial charge in [-0.2, -0.15) is 0 Å². The molecule has 3 rings (SSSR count). The summed E-state index contributed by atoms with van der Waals surface area (Å²) in [7, 11) is 0. The lowest BCUT2D eigenvalue weighted by Crippen LogP contribution is -2.01. The Labute approximate surface area is 105 Å². The molecule has 3 nitrogen and oxygen atoms in total. The number of hydrogen-bond donors (Lipinski definition) is 1. The van der Waals surface area contributed by atoms with E-state index < -0.39 is 0 Å². The highest BCUT2D eigenvalue weighted by Crippen LogP contribution is 2.37. The van der Waals surface area contributed by atoms with Gasteiger partial charge in [0.25, 0.3) is 0 Å². The Morgan fingerprint density at radius 3 is 2.94 bits per heavy atom. The molecule has 82 valence electrons. The zero-order valence-electron chi connectivity index (χ0n) is 8.34. The van der Waals surface area contributed by atoms with Gasteiger partial charge in [0.1, 0.15) is 5.01 Å². The second kappa shape index (κ2) is 4.21. The van der Waals surface area contributed by atoms with Gasteiger partial charge in [-0.1, -0.05) is 11.3 Å². The molecular weight excluding hydrogens is 258 g/mol. The van der Waals surface area contributed by atoms with Crippen molar-refractivity contribution in [3.8, 4) is 9.88 Å². The Bertz CT molecular complexity index is 579. The van der Waals surface area contributed by atoms with E-state index in [9.17, 15) is 0 Å². The van der Waals surface area contributed by atoms with E-state index in [0.29, 0.717) is 6.54 Å². The van der Waals surface area contributed by atoms with Crippen LogP contribution in [0.4, 0.5) is 0 Å². The molecule has 0 amide bonds. The van der Waals surface area contributed by atoms with Crippen molar-refractivity contribution in [2.24, 2.45) is 5.73 Å². The second-order valence-corrected chi connectivity index (χ2v) is 6.39. The van der Waals surface area contributed by atoms with Crippen LogP contribution in [0.5, 0.6) is 0 Å². The van der Waals surface area contributed by atoms with Gasteiger partial charge in [0, 0.05) is 15.8 Å². The van der Waals surface area contributed by atoms with Crippen molar-refractivity contribution < 1.29 is 0 Å². The van der Waals surface area contributed by atoms with Crippen LogP contribution in [0.1, 0.15) is 5.01 Å². The molecular formula is C10H9N3S3. The Balaban J connectivity index is 1.98. The Morgan fingerprint density at radius 2 is 2.12 bits per heavy atom. The zero-order valence-corrected chi connectivity index (χ0v) is 10.8. The first kappa shape index (κ1) is 10.3. The van der Waals surface area contributed by atoms with Crippen LogP contribution in [0.2, 0.25) is 0 Å². The van der Waals surface area contributed by atoms with Gasteiger partial charge in [-0.3, -0.25) is 0 Å². The highest BCUT2D eigenvalue weighted by molar-refractivity contribution is 7.30. The minimum atomic E-state index is 0.633. The molecule has 0 aromatic carbocycles. The molecule has 3 aromatic heterocycles. The number of nitrogens with zero attached hydrogens (tertiary/aromatic N) is 2. The van der Waals surface area contributed by atoms with Crippen molar-refractivity contribution in [1.29, 1.82) is 0 Å². The van der Waals surface area contributed by atoms with Crippen molar-refractivity contribution >= 4 is 43.4 Å². The maximum atomic E-state index is 5.50. The summed E-state index contributed by atoms with van der Waals surface area (Å²) in [5, 5.41) is 12.5. The average molecular weight is 267 g/mol. The van der Waals surface area contributed by atoms with Gasteiger partial charge >= 0.3 is 0 Å². The normalized spacial score (nSPS) is 11.3. The van der Waals surface area contributed by atoms with E-state index in [1.54, 1.807) is 34.0 Å². The van der Waals surface area contributed by atoms with Crippen molar-refractivity contribution in [2.75, 3.05) is 6.54 Å². The average Bonchev–Trinajstić information content (AvgIpc) is 2.88. The van der Waals surface area contributed by atoms with E-state index >= 15 is 0 Å². The summed E-state index contributed by atoms with van der Waals surface area (Å²) in [6.07, 6.45) is 0.817. The molecule has 16 heavy (non-hydrogen) atoms. The van der Waals surface area contributed by atoms with Crippen molar-refractivity contribution in [3.63, 3.8) is 0 Å². The maximum absolute atomic E-state index is 5.50. The lowest BCUT2D eigenvalue weighted by Gasteiger charge is -1.86. The van der Waals surface area contributed by atoms with Crippen LogP contribution in [0.25, 0.3) is 19.3 Å². The summed E-state index contributed by atoms with van der Waals surface area (Å²) in [5.41, 5.74) is 5.50. The molecule has 6 heteroatoms. The third-order valence-electron chi connectivity index (χ3n) is 2.18. The molecule has 0 saturated heterocycles. The van der Waals surface area contributed by atoms with E-state index in [2.05, 4.69) is 27.7 Å². The molecule has 0 spiro atoms. The maximum Gasteiger partial charge on any atom is 0.157 e. The smallest absolute Gasteiger partial charge is 0.157 e. The highest BCUT2D eigenvalue weighted by atomic mass is 32.1. The second-order valence-electron chi connectivity index (χ2n) is 3.30. The fourth-order valence-electron chi connectivity index (χ4n) is 1.45. The fraction of sp³-hybridized carbons (Fsp3) is 0.200. The van der Waals surface area contributed by atoms with Gasteiger partial charge in [-0.25, -0.2) is 0 Å². The Morgan fingerprint density at radius 1 is 1.19 bits per heavy atom. The third kappa shape index (κ3) is 1.78. The fourth-order valence-corrected chi connectivity index (χ4v) is 4.45. The number of thiophene rings is 2. The molecule has 0 atom stereocenters. The quantitative estimate of drug-likeness (QED) is 0.793. The van der Waals surface area contributed by atoms with Crippen LogP contribution in [-0.4, -0.2) is 16.7 Å². The molecule has 3 heterocycles. The Hall–Kier alpha value is -0.820. The van der Waals surface area contributed by atoms with Crippen LogP contribution >= 0.6 is 34.0 Å². The summed E-state index contributed by atoms with van der Waals surface area (Å²) in [6, 6.07) is 4.34. The Kier molecular flexibility index (Phi) is 2.72. The van der Waals surface area contributed by atoms with E-state index in [4.69, 9.17) is 5.73 Å². The van der Waals surface area contributed by atoms with Gasteiger partial charge in [-0.15, -0.1) is 32.9 Å². The molecule has 2 N–H and O–H groups in total. The number of aromatic nitrogens is 2. The molecule has 0 aliphatic rings. The van der Waals surface area contributed by atoms with Gasteiger partial charge in [0.15, 0.2) is 5.01 Å². The first-order chi connectivity index (χ1) is 7.86. The van der Waals surface area contributed by atoms with Gasteiger partial charge in [-0.05, 0) is 24.1 Å². The van der Waals surface area contributed by atoms with Crippen LogP contribution in [0.15, 0.2) is 17.5 Å². The van der Waals surface area contributed by atoms with Crippen molar-refractivity contribution in [1.82, 2.24) is 10.2 Å². The lowest BCUT2D eigenvalue weighted by atomic mass is 10.4. The molecule has 0 unspecified atom stereocenters. The molecule has 0 saturated carbocycles. The van der Waals surface area contributed by atoms with Crippen LogP contribution in [0, 0.1) is 0 Å². The monoisotopic (exact) mass is 267 g/mol. The van der Waals surface area contributed by atoms with E-state index in [0.717, 1.165) is 16.4 Å². The van der Waals surface area contributed by atoms with Gasteiger partial charge in [0.2, 0.25) is 0 Å². The van der Waals surface area contributed by atoms with Crippen LogP contribution < -0.4 is 5.73 Å². The van der Waals surface area contributed by atoms with Crippen LogP contribution in [0.3, 0.4) is 0 Å². The number of fused-ring (bicyclic) bond motifs is 1. The summed E-state index contributed by atoms with van der Waals surface area (Å²) in [6.45, 7) is 0.633. The van der Waals surface area contributed by atoms with Crippen molar-refractivity contribution in [3.05, 3.63) is 22.5 Å². The highest BCUT2D eigenvalue weighted by Gasteiger charge is 2.10. The topological polar surface area (TPSA) is 51.8 Å². The van der Waals surface area contributed by atoms with Crippen molar-refractivity contribution in [2.45, 2.75) is 6.42 Å². The third-order valence-corrected chi connectivity index (χ3v) is 5.42. The molecule has 0 fully saturated rings. The largest absolute Gasteiger partial charge is 0.330 e. The lowest BCUT2D eigenvalue weighted by molar-refractivity contribution is 0.914. The van der Waals surface area contributed by atoms with E-state index in [1.165, 1.54) is 14.3 Å². The first-order valence-electron chi connectivity index (χ1n) is 4.86. The summed E-state index contributed by atoms with van der Waals surface area (Å²) >= 11 is 5.18. The first-order valence-corrected chi connectivity index (χ1v) is 7.38. The minimum Gasteiger partial charge on any atom is -0.330 e. The molecule has 0 aliphatic carbocycles. The summed E-state index contributed by atoms with van der Waals surface area (Å²) in [4.78, 5) is 1.21. The number of hydrogen-bond acceptors (Lipinski definition) is 6. The van der Waals surface area contributed by atoms with Crippen LogP contribution in [-0.2, 0) is 6.42 Å². The SMILES string of the molecule is NCCc1nnc(-c2cc3sccc3s2)s1.